The summed E-state index contributed by atoms with van der Waals surface area (Å²) in [5.74, 6) is -1.04. The quantitative estimate of drug-likeness (QED) is 0.850. The van der Waals surface area contributed by atoms with Crippen LogP contribution in [0.5, 0.6) is 5.88 Å². The summed E-state index contributed by atoms with van der Waals surface area (Å²) in [5, 5.41) is 8.67. The lowest BCUT2D eigenvalue weighted by molar-refractivity contribution is 0.0654. The number of carbonyl (C=O) groups is 1. The van der Waals surface area contributed by atoms with Crippen molar-refractivity contribution < 1.29 is 19.1 Å². The first-order valence-corrected chi connectivity index (χ1v) is 4.85. The van der Waals surface area contributed by atoms with Crippen LogP contribution in [0.2, 0.25) is 0 Å². The Morgan fingerprint density at radius 3 is 2.94 bits per heavy atom. The molecule has 2 aromatic heterocycles. The monoisotopic (exact) mass is 235 g/mol. The average molecular weight is 235 g/mol. The van der Waals surface area contributed by atoms with E-state index in [4.69, 9.17) is 14.3 Å². The minimum absolute atomic E-state index is 0.233. The Morgan fingerprint density at radius 2 is 2.29 bits per heavy atom. The minimum atomic E-state index is -1.23. The van der Waals surface area contributed by atoms with Gasteiger partial charge in [0.15, 0.2) is 5.76 Å². The van der Waals surface area contributed by atoms with Gasteiger partial charge in [-0.15, -0.1) is 0 Å². The van der Waals surface area contributed by atoms with Crippen LogP contribution < -0.4 is 4.74 Å². The third-order valence-corrected chi connectivity index (χ3v) is 1.85. The van der Waals surface area contributed by atoms with Gasteiger partial charge in [-0.05, 0) is 6.92 Å². The summed E-state index contributed by atoms with van der Waals surface area (Å²) in [6, 6.07) is 0. The third-order valence-electron chi connectivity index (χ3n) is 1.85. The van der Waals surface area contributed by atoms with E-state index in [0.29, 0.717) is 18.2 Å². The molecular weight excluding hydrogens is 226 g/mol. The van der Waals surface area contributed by atoms with Crippen molar-refractivity contribution >= 4 is 5.97 Å². The van der Waals surface area contributed by atoms with Crippen molar-refractivity contribution in [3.05, 3.63) is 24.5 Å². The zero-order valence-electron chi connectivity index (χ0n) is 8.95. The number of nitrogens with zero attached hydrogens (tertiary/aromatic N) is 3. The number of oxazole rings is 1. The zero-order valence-corrected chi connectivity index (χ0v) is 8.95. The number of aromatic carboxylic acids is 1. The van der Waals surface area contributed by atoms with Gasteiger partial charge in [0.25, 0.3) is 0 Å². The molecule has 1 N–H and O–H groups in total. The van der Waals surface area contributed by atoms with Crippen LogP contribution in [0.4, 0.5) is 0 Å². The summed E-state index contributed by atoms with van der Waals surface area (Å²) in [7, 11) is 0. The Bertz CT molecular complexity index is 538. The molecule has 88 valence electrons. The van der Waals surface area contributed by atoms with Crippen LogP contribution in [0.3, 0.4) is 0 Å². The van der Waals surface area contributed by atoms with Crippen LogP contribution in [-0.4, -0.2) is 32.6 Å². The summed E-state index contributed by atoms with van der Waals surface area (Å²) in [5.41, 5.74) is 0.371. The smallest absolute Gasteiger partial charge is 0.392 e. The van der Waals surface area contributed by atoms with E-state index in [2.05, 4.69) is 15.0 Å². The van der Waals surface area contributed by atoms with Gasteiger partial charge < -0.3 is 14.3 Å². The van der Waals surface area contributed by atoms with Gasteiger partial charge in [0.2, 0.25) is 5.88 Å². The fourth-order valence-electron chi connectivity index (χ4n) is 1.18. The second kappa shape index (κ2) is 4.60. The van der Waals surface area contributed by atoms with E-state index in [1.165, 1.54) is 18.6 Å². The topological polar surface area (TPSA) is 98.3 Å². The molecule has 0 aliphatic carbocycles. The number of hydrogen-bond donors (Lipinski definition) is 1. The number of hydrogen-bond acceptors (Lipinski definition) is 6. The van der Waals surface area contributed by atoms with Crippen molar-refractivity contribution in [3.63, 3.8) is 0 Å². The van der Waals surface area contributed by atoms with Crippen LogP contribution in [-0.2, 0) is 0 Å². The maximum absolute atomic E-state index is 10.6. The Morgan fingerprint density at radius 1 is 1.47 bits per heavy atom. The number of ether oxygens (including phenoxy) is 1. The van der Waals surface area contributed by atoms with E-state index in [1.54, 1.807) is 0 Å². The molecule has 0 unspecified atom stereocenters. The van der Waals surface area contributed by atoms with Gasteiger partial charge in [-0.3, -0.25) is 4.98 Å². The molecule has 0 saturated heterocycles. The van der Waals surface area contributed by atoms with Crippen molar-refractivity contribution in [1.29, 1.82) is 0 Å². The van der Waals surface area contributed by atoms with E-state index >= 15 is 0 Å². The van der Waals surface area contributed by atoms with Gasteiger partial charge in [-0.1, -0.05) is 0 Å². The second-order valence-electron chi connectivity index (χ2n) is 3.01. The van der Waals surface area contributed by atoms with E-state index in [1.807, 2.05) is 6.92 Å². The normalized spacial score (nSPS) is 10.2. The lowest BCUT2D eigenvalue weighted by Gasteiger charge is -2.01. The molecule has 0 aliphatic heterocycles. The van der Waals surface area contributed by atoms with E-state index in [-0.39, 0.29) is 11.7 Å². The minimum Gasteiger partial charge on any atom is -0.477 e. The van der Waals surface area contributed by atoms with Crippen LogP contribution in [0.1, 0.15) is 17.6 Å². The summed E-state index contributed by atoms with van der Waals surface area (Å²) < 4.78 is 10.2. The highest BCUT2D eigenvalue weighted by Crippen LogP contribution is 2.19. The lowest BCUT2D eigenvalue weighted by Crippen LogP contribution is -1.96. The molecule has 0 saturated carbocycles. The molecule has 2 rings (SSSR count). The Balaban J connectivity index is 2.31. The first kappa shape index (κ1) is 11.1. The van der Waals surface area contributed by atoms with E-state index < -0.39 is 5.97 Å². The Labute approximate surface area is 96.1 Å². The number of carboxylic acids is 1. The largest absolute Gasteiger partial charge is 0.477 e. The van der Waals surface area contributed by atoms with Gasteiger partial charge in [0.05, 0.1) is 25.2 Å². The van der Waals surface area contributed by atoms with Crippen molar-refractivity contribution in [1.82, 2.24) is 15.0 Å². The summed E-state index contributed by atoms with van der Waals surface area (Å²) in [6.07, 6.45) is 4.18. The molecule has 2 heterocycles. The van der Waals surface area contributed by atoms with Gasteiger partial charge in [-0.2, -0.15) is 0 Å². The molecule has 0 spiro atoms. The van der Waals surface area contributed by atoms with Gasteiger partial charge >= 0.3 is 11.9 Å². The van der Waals surface area contributed by atoms with Crippen molar-refractivity contribution in [2.24, 2.45) is 0 Å². The molecule has 0 aromatic carbocycles. The third kappa shape index (κ3) is 2.39. The highest BCUT2D eigenvalue weighted by atomic mass is 16.5. The molecule has 0 aliphatic rings. The molecule has 0 fully saturated rings. The van der Waals surface area contributed by atoms with Crippen molar-refractivity contribution in [2.45, 2.75) is 6.92 Å². The number of carboxylic acid groups (broad SMARTS) is 1. The van der Waals surface area contributed by atoms with Gasteiger partial charge in [-0.25, -0.2) is 14.8 Å². The first-order valence-electron chi connectivity index (χ1n) is 4.85. The SMILES string of the molecule is CCOc1cncc(-c2cnc(C(=O)O)o2)n1. The van der Waals surface area contributed by atoms with E-state index in [0.717, 1.165) is 0 Å². The standard InChI is InChI=1S/C10H9N3O4/c1-2-16-8-5-11-3-6(13-8)7-4-12-9(17-7)10(14)15/h3-5H,2H2,1H3,(H,14,15). The second-order valence-corrected chi connectivity index (χ2v) is 3.01. The maximum atomic E-state index is 10.6. The predicted molar refractivity (Wildman–Crippen MR) is 55.7 cm³/mol. The Hall–Kier alpha value is -2.44. The highest BCUT2D eigenvalue weighted by Gasteiger charge is 2.13. The fraction of sp³-hybridized carbons (Fsp3) is 0.200. The molecule has 7 nitrogen and oxygen atoms in total. The molecule has 0 radical (unpaired) electrons. The Kier molecular flexibility index (Phi) is 2.99. The molecule has 7 heteroatoms. The number of aromatic nitrogens is 3. The van der Waals surface area contributed by atoms with Gasteiger partial charge in [0, 0.05) is 0 Å². The molecule has 0 bridgehead atoms. The van der Waals surface area contributed by atoms with Gasteiger partial charge in [0.1, 0.15) is 5.69 Å². The lowest BCUT2D eigenvalue weighted by atomic mass is 10.4. The van der Waals surface area contributed by atoms with Crippen LogP contribution in [0, 0.1) is 0 Å². The number of rotatable bonds is 4. The summed E-state index contributed by atoms with van der Waals surface area (Å²) in [4.78, 5) is 22.2. The first-order chi connectivity index (χ1) is 8.20. The van der Waals surface area contributed by atoms with Crippen molar-refractivity contribution in [2.75, 3.05) is 6.61 Å². The maximum Gasteiger partial charge on any atom is 0.392 e. The van der Waals surface area contributed by atoms with E-state index in [9.17, 15) is 4.79 Å². The average Bonchev–Trinajstić information content (AvgIpc) is 2.79. The van der Waals surface area contributed by atoms with Crippen LogP contribution in [0.25, 0.3) is 11.5 Å². The summed E-state index contributed by atoms with van der Waals surface area (Å²) >= 11 is 0. The molecule has 0 atom stereocenters. The molecule has 0 amide bonds. The zero-order chi connectivity index (χ0) is 12.3. The molecular formula is C10H9N3O4. The fourth-order valence-corrected chi connectivity index (χ4v) is 1.18. The summed E-state index contributed by atoms with van der Waals surface area (Å²) in [6.45, 7) is 2.29. The van der Waals surface area contributed by atoms with Crippen LogP contribution >= 0.6 is 0 Å². The van der Waals surface area contributed by atoms with Crippen molar-refractivity contribution in [3.8, 4) is 17.3 Å². The molecule has 17 heavy (non-hydrogen) atoms. The van der Waals surface area contributed by atoms with Crippen LogP contribution in [0.15, 0.2) is 23.0 Å². The predicted octanol–water partition coefficient (Wildman–Crippen LogP) is 1.23. The molecule has 2 aromatic rings. The highest BCUT2D eigenvalue weighted by molar-refractivity contribution is 5.82.